The molecule has 2 heterocycles. The second kappa shape index (κ2) is 6.76. The van der Waals surface area contributed by atoms with Crippen molar-refractivity contribution in [2.24, 2.45) is 5.92 Å². The van der Waals surface area contributed by atoms with E-state index in [2.05, 4.69) is 32.8 Å². The second-order valence-electron chi connectivity index (χ2n) is 7.84. The van der Waals surface area contributed by atoms with Crippen molar-refractivity contribution in [3.05, 3.63) is 18.1 Å². The summed E-state index contributed by atoms with van der Waals surface area (Å²) < 4.78 is 0. The Kier molecular flexibility index (Phi) is 4.52. The monoisotopic (exact) mass is 314 g/mol. The summed E-state index contributed by atoms with van der Waals surface area (Å²) in [4.78, 5) is 14.2. The molecule has 1 aromatic rings. The molecule has 0 unspecified atom stereocenters. The Bertz CT molecular complexity index is 514. The molecule has 0 atom stereocenters. The van der Waals surface area contributed by atoms with Gasteiger partial charge in [-0.2, -0.15) is 0 Å². The molecule has 0 bridgehead atoms. The number of anilines is 1. The summed E-state index contributed by atoms with van der Waals surface area (Å²) in [6.45, 7) is 5.96. The van der Waals surface area contributed by atoms with Crippen LogP contribution in [0.1, 0.15) is 57.1 Å². The maximum Gasteiger partial charge on any atom is 0.132 e. The zero-order valence-corrected chi connectivity index (χ0v) is 14.5. The third kappa shape index (κ3) is 3.68. The molecule has 126 valence electrons. The zero-order valence-electron chi connectivity index (χ0n) is 14.5. The average molecular weight is 314 g/mol. The van der Waals surface area contributed by atoms with Crippen LogP contribution in [0.4, 0.5) is 5.82 Å². The molecular formula is C19H30N4. The number of piperidine rings is 1. The number of aryl methyl sites for hydroxylation is 1. The predicted octanol–water partition coefficient (Wildman–Crippen LogP) is 3.41. The van der Waals surface area contributed by atoms with Crippen molar-refractivity contribution < 1.29 is 0 Å². The minimum absolute atomic E-state index is 0.677. The van der Waals surface area contributed by atoms with E-state index < -0.39 is 0 Å². The van der Waals surface area contributed by atoms with Gasteiger partial charge in [0.05, 0.1) is 0 Å². The van der Waals surface area contributed by atoms with Gasteiger partial charge in [0.1, 0.15) is 12.1 Å². The molecule has 2 aliphatic carbocycles. The van der Waals surface area contributed by atoms with Gasteiger partial charge in [-0.05, 0) is 51.4 Å². The van der Waals surface area contributed by atoms with Gasteiger partial charge in [-0.1, -0.05) is 12.8 Å². The van der Waals surface area contributed by atoms with E-state index in [9.17, 15) is 0 Å². The minimum atomic E-state index is 0.677. The molecule has 4 rings (SSSR count). The number of hydrogen-bond donors (Lipinski definition) is 0. The van der Waals surface area contributed by atoms with E-state index in [4.69, 9.17) is 0 Å². The van der Waals surface area contributed by atoms with Crippen molar-refractivity contribution in [2.75, 3.05) is 24.5 Å². The highest BCUT2D eigenvalue weighted by Crippen LogP contribution is 2.35. The van der Waals surface area contributed by atoms with E-state index in [-0.39, 0.29) is 0 Å². The lowest BCUT2D eigenvalue weighted by molar-refractivity contribution is 0.180. The predicted molar refractivity (Wildman–Crippen MR) is 93.7 cm³/mol. The Morgan fingerprint density at radius 2 is 1.70 bits per heavy atom. The smallest absolute Gasteiger partial charge is 0.132 e. The van der Waals surface area contributed by atoms with E-state index in [1.54, 1.807) is 6.33 Å². The lowest BCUT2D eigenvalue weighted by Gasteiger charge is -2.40. The highest BCUT2D eigenvalue weighted by molar-refractivity contribution is 5.43. The number of hydrogen-bond acceptors (Lipinski definition) is 4. The van der Waals surface area contributed by atoms with Crippen molar-refractivity contribution in [2.45, 2.75) is 70.4 Å². The van der Waals surface area contributed by atoms with Crippen LogP contribution >= 0.6 is 0 Å². The van der Waals surface area contributed by atoms with Gasteiger partial charge >= 0.3 is 0 Å². The van der Waals surface area contributed by atoms with E-state index in [0.717, 1.165) is 23.5 Å². The van der Waals surface area contributed by atoms with Crippen LogP contribution < -0.4 is 4.90 Å². The lowest BCUT2D eigenvalue weighted by Crippen LogP contribution is -2.47. The van der Waals surface area contributed by atoms with E-state index in [1.807, 2.05) is 0 Å². The van der Waals surface area contributed by atoms with Gasteiger partial charge in [-0.3, -0.25) is 0 Å². The fraction of sp³-hybridized carbons (Fsp3) is 0.789. The molecule has 0 radical (unpaired) electrons. The molecule has 1 saturated heterocycles. The molecule has 0 spiro atoms. The average Bonchev–Trinajstić information content (AvgIpc) is 3.25. The van der Waals surface area contributed by atoms with Crippen LogP contribution in [0.25, 0.3) is 0 Å². The maximum atomic E-state index is 4.58. The van der Waals surface area contributed by atoms with Crippen molar-refractivity contribution in [1.29, 1.82) is 0 Å². The molecule has 3 fully saturated rings. The molecule has 4 heteroatoms. The summed E-state index contributed by atoms with van der Waals surface area (Å²) in [6, 6.07) is 3.58. The Morgan fingerprint density at radius 3 is 2.35 bits per heavy atom. The van der Waals surface area contributed by atoms with Gasteiger partial charge in [0.2, 0.25) is 0 Å². The molecule has 3 aliphatic rings. The Labute approximate surface area is 140 Å². The summed E-state index contributed by atoms with van der Waals surface area (Å²) in [6.07, 6.45) is 12.9. The number of aromatic nitrogens is 2. The number of rotatable bonds is 5. The van der Waals surface area contributed by atoms with E-state index in [0.29, 0.717) is 6.04 Å². The standard InChI is InChI=1S/C19H30N4/c1-15-12-19(21-14-20-15)23(17-6-7-17)18-8-10-22(11-9-18)13-16-4-2-3-5-16/h12,14,16-18H,2-11,13H2,1H3. The Hall–Kier alpha value is -1.16. The van der Waals surface area contributed by atoms with Crippen LogP contribution in [-0.2, 0) is 0 Å². The third-order valence-electron chi connectivity index (χ3n) is 5.94. The summed E-state index contributed by atoms with van der Waals surface area (Å²) in [5.74, 6) is 2.14. The molecule has 0 N–H and O–H groups in total. The third-order valence-corrected chi connectivity index (χ3v) is 5.94. The number of nitrogens with zero attached hydrogens (tertiary/aromatic N) is 4. The van der Waals surface area contributed by atoms with Gasteiger partial charge in [0, 0.05) is 43.5 Å². The first-order valence-electron chi connectivity index (χ1n) is 9.59. The van der Waals surface area contributed by atoms with Crippen LogP contribution in [0.15, 0.2) is 12.4 Å². The normalized spacial score (nSPS) is 24.2. The Morgan fingerprint density at radius 1 is 1.00 bits per heavy atom. The maximum absolute atomic E-state index is 4.58. The van der Waals surface area contributed by atoms with Gasteiger partial charge in [-0.15, -0.1) is 0 Å². The molecule has 0 aromatic carbocycles. The fourth-order valence-corrected chi connectivity index (χ4v) is 4.54. The van der Waals surface area contributed by atoms with Crippen molar-refractivity contribution in [1.82, 2.24) is 14.9 Å². The molecule has 0 amide bonds. The lowest BCUT2D eigenvalue weighted by atomic mass is 10.00. The molecule has 2 saturated carbocycles. The zero-order chi connectivity index (χ0) is 15.6. The van der Waals surface area contributed by atoms with E-state index in [1.165, 1.54) is 71.0 Å². The summed E-state index contributed by atoms with van der Waals surface area (Å²) in [7, 11) is 0. The first-order chi connectivity index (χ1) is 11.3. The van der Waals surface area contributed by atoms with Crippen molar-refractivity contribution >= 4 is 5.82 Å². The summed E-state index contributed by atoms with van der Waals surface area (Å²) in [5.41, 5.74) is 1.08. The Balaban J connectivity index is 1.37. The largest absolute Gasteiger partial charge is 0.350 e. The molecule has 1 aliphatic heterocycles. The first kappa shape index (κ1) is 15.4. The second-order valence-corrected chi connectivity index (χ2v) is 7.84. The van der Waals surface area contributed by atoms with Gasteiger partial charge in [-0.25, -0.2) is 9.97 Å². The van der Waals surface area contributed by atoms with Crippen molar-refractivity contribution in [3.8, 4) is 0 Å². The van der Waals surface area contributed by atoms with Gasteiger partial charge < -0.3 is 9.80 Å². The highest BCUT2D eigenvalue weighted by atomic mass is 15.3. The molecule has 23 heavy (non-hydrogen) atoms. The van der Waals surface area contributed by atoms with Crippen LogP contribution in [0, 0.1) is 12.8 Å². The number of likely N-dealkylation sites (tertiary alicyclic amines) is 1. The van der Waals surface area contributed by atoms with E-state index >= 15 is 0 Å². The molecule has 1 aromatic heterocycles. The first-order valence-corrected chi connectivity index (χ1v) is 9.59. The van der Waals surface area contributed by atoms with Gasteiger partial charge in [0.25, 0.3) is 0 Å². The quantitative estimate of drug-likeness (QED) is 0.834. The molecular weight excluding hydrogens is 284 g/mol. The van der Waals surface area contributed by atoms with Crippen LogP contribution in [0.2, 0.25) is 0 Å². The topological polar surface area (TPSA) is 32.3 Å². The van der Waals surface area contributed by atoms with Crippen LogP contribution in [0.5, 0.6) is 0 Å². The van der Waals surface area contributed by atoms with Crippen LogP contribution in [-0.4, -0.2) is 46.6 Å². The van der Waals surface area contributed by atoms with Crippen molar-refractivity contribution in [3.63, 3.8) is 0 Å². The SMILES string of the molecule is Cc1cc(N(C2CC2)C2CCN(CC3CCCC3)CC2)ncn1. The fourth-order valence-electron chi connectivity index (χ4n) is 4.54. The summed E-state index contributed by atoms with van der Waals surface area (Å²) in [5, 5.41) is 0. The highest BCUT2D eigenvalue weighted by Gasteiger charge is 2.36. The molecule has 4 nitrogen and oxygen atoms in total. The minimum Gasteiger partial charge on any atom is -0.350 e. The van der Waals surface area contributed by atoms with Gasteiger partial charge in [0.15, 0.2) is 0 Å². The summed E-state index contributed by atoms with van der Waals surface area (Å²) >= 11 is 0. The van der Waals surface area contributed by atoms with Crippen LogP contribution in [0.3, 0.4) is 0 Å².